The van der Waals surface area contributed by atoms with E-state index in [1.165, 1.54) is 0 Å². The lowest BCUT2D eigenvalue weighted by molar-refractivity contribution is 0.423. The summed E-state index contributed by atoms with van der Waals surface area (Å²) in [6.45, 7) is 12.4. The molecular formula is C27H32ClO2P. The van der Waals surface area contributed by atoms with Crippen LogP contribution in [-0.2, 0) is 15.4 Å². The minimum absolute atomic E-state index is 0.291. The summed E-state index contributed by atoms with van der Waals surface area (Å²) in [4.78, 5) is 0. The molecule has 0 aromatic heterocycles. The van der Waals surface area contributed by atoms with Gasteiger partial charge in [-0.3, -0.25) is 0 Å². The van der Waals surface area contributed by atoms with Gasteiger partial charge in [-0.2, -0.15) is 0 Å². The Morgan fingerprint density at radius 1 is 0.742 bits per heavy atom. The number of benzene rings is 3. The van der Waals surface area contributed by atoms with Crippen LogP contribution in [0.3, 0.4) is 0 Å². The molecule has 3 rings (SSSR count). The maximum absolute atomic E-state index is 14.7. The number of hydrogen-bond acceptors (Lipinski definition) is 2. The summed E-state index contributed by atoms with van der Waals surface area (Å²) < 4.78 is 14.7. The first-order valence-corrected chi connectivity index (χ1v) is 12.8. The average molecular weight is 455 g/mol. The minimum Gasteiger partial charge on any atom is -0.507 e. The number of phenols is 1. The van der Waals surface area contributed by atoms with Crippen LogP contribution < -0.4 is 10.6 Å². The van der Waals surface area contributed by atoms with Crippen molar-refractivity contribution in [1.82, 2.24) is 0 Å². The van der Waals surface area contributed by atoms with Gasteiger partial charge in [0.15, 0.2) is 7.14 Å². The smallest absolute Gasteiger partial charge is 0.164 e. The fraction of sp³-hybridized carbons (Fsp3) is 0.333. The number of hydrogen-bond donors (Lipinski definition) is 1. The highest BCUT2D eigenvalue weighted by molar-refractivity contribution is 7.80. The number of alkyl halides is 1. The summed E-state index contributed by atoms with van der Waals surface area (Å²) in [5.74, 6) is 0.293. The highest BCUT2D eigenvalue weighted by Crippen LogP contribution is 2.60. The third-order valence-electron chi connectivity index (χ3n) is 5.62. The molecule has 0 bridgehead atoms. The predicted molar refractivity (Wildman–Crippen MR) is 134 cm³/mol. The molecule has 3 aromatic rings. The summed E-state index contributed by atoms with van der Waals surface area (Å²) in [7, 11) is -3.21. The molecule has 0 aliphatic rings. The van der Waals surface area contributed by atoms with Crippen molar-refractivity contribution < 1.29 is 9.67 Å². The molecule has 3 aromatic carbocycles. The lowest BCUT2D eigenvalue weighted by Gasteiger charge is -2.31. The normalized spacial score (nSPS) is 13.8. The molecule has 1 unspecified atom stereocenters. The van der Waals surface area contributed by atoms with Gasteiger partial charge in [-0.25, -0.2) is 0 Å². The van der Waals surface area contributed by atoms with E-state index in [0.29, 0.717) is 5.75 Å². The Morgan fingerprint density at radius 2 is 1.10 bits per heavy atom. The van der Waals surface area contributed by atoms with Crippen molar-refractivity contribution in [2.24, 2.45) is 0 Å². The van der Waals surface area contributed by atoms with Crippen molar-refractivity contribution >= 4 is 29.4 Å². The first kappa shape index (κ1) is 23.6. The van der Waals surface area contributed by atoms with Crippen molar-refractivity contribution in [2.45, 2.75) is 57.5 Å². The number of halogens is 1. The quantitative estimate of drug-likeness (QED) is 0.333. The van der Waals surface area contributed by atoms with Crippen LogP contribution in [0.15, 0.2) is 72.8 Å². The SMILES string of the molecule is CC(C)(C)c1cc(C(Cl)P(=O)(c2ccccc2)c2ccccc2)cc(C(C)(C)C)c1O. The van der Waals surface area contributed by atoms with Gasteiger partial charge in [0.1, 0.15) is 10.9 Å². The van der Waals surface area contributed by atoms with Crippen LogP contribution in [-0.4, -0.2) is 5.11 Å². The molecule has 31 heavy (non-hydrogen) atoms. The van der Waals surface area contributed by atoms with E-state index in [1.54, 1.807) is 0 Å². The highest BCUT2D eigenvalue weighted by Gasteiger charge is 2.38. The minimum atomic E-state index is -3.21. The molecule has 0 heterocycles. The molecule has 4 heteroatoms. The van der Waals surface area contributed by atoms with E-state index >= 15 is 0 Å². The molecule has 0 spiro atoms. The van der Waals surface area contributed by atoms with Crippen LogP contribution in [0.5, 0.6) is 5.75 Å². The molecule has 0 amide bonds. The Bertz CT molecular complexity index is 1020. The molecule has 164 valence electrons. The van der Waals surface area contributed by atoms with Crippen LogP contribution in [0.4, 0.5) is 0 Å². The van der Waals surface area contributed by atoms with Crippen LogP contribution in [0.25, 0.3) is 0 Å². The second kappa shape index (κ2) is 8.49. The fourth-order valence-corrected chi connectivity index (χ4v) is 7.28. The van der Waals surface area contributed by atoms with Gasteiger partial charge in [0.2, 0.25) is 0 Å². The van der Waals surface area contributed by atoms with Crippen LogP contribution in [0.1, 0.15) is 63.4 Å². The third kappa shape index (κ3) is 4.61. The van der Waals surface area contributed by atoms with E-state index in [2.05, 4.69) is 41.5 Å². The highest BCUT2D eigenvalue weighted by atomic mass is 35.5. The number of rotatable bonds is 4. The van der Waals surface area contributed by atoms with E-state index in [0.717, 1.165) is 27.3 Å². The predicted octanol–water partition coefficient (Wildman–Crippen LogP) is 7.24. The zero-order valence-electron chi connectivity index (χ0n) is 19.2. The molecule has 2 nitrogen and oxygen atoms in total. The average Bonchev–Trinajstić information content (AvgIpc) is 2.72. The van der Waals surface area contributed by atoms with Gasteiger partial charge in [0.05, 0.1) is 0 Å². The van der Waals surface area contributed by atoms with E-state index in [4.69, 9.17) is 11.6 Å². The van der Waals surface area contributed by atoms with Gasteiger partial charge in [-0.1, -0.05) is 102 Å². The van der Waals surface area contributed by atoms with Gasteiger partial charge < -0.3 is 9.67 Å². The summed E-state index contributed by atoms with van der Waals surface area (Å²) >= 11 is 7.13. The molecule has 1 N–H and O–H groups in total. The number of phenolic OH excluding ortho intramolecular Hbond substituents is 1. The summed E-state index contributed by atoms with van der Waals surface area (Å²) in [5, 5.41) is 11.8. The lowest BCUT2D eigenvalue weighted by atomic mass is 9.78. The van der Waals surface area contributed by atoms with Crippen molar-refractivity contribution in [3.05, 3.63) is 89.5 Å². The molecule has 0 fully saturated rings. The topological polar surface area (TPSA) is 37.3 Å². The van der Waals surface area contributed by atoms with Crippen LogP contribution in [0.2, 0.25) is 0 Å². The first-order valence-electron chi connectivity index (χ1n) is 10.6. The van der Waals surface area contributed by atoms with E-state index in [9.17, 15) is 9.67 Å². The molecule has 0 radical (unpaired) electrons. The number of aromatic hydroxyl groups is 1. The van der Waals surface area contributed by atoms with Crippen molar-refractivity contribution in [1.29, 1.82) is 0 Å². The second-order valence-electron chi connectivity index (χ2n) is 10.1. The third-order valence-corrected chi connectivity index (χ3v) is 9.77. The van der Waals surface area contributed by atoms with Gasteiger partial charge in [-0.15, -0.1) is 11.6 Å². The first-order chi connectivity index (χ1) is 14.4. The van der Waals surface area contributed by atoms with Crippen molar-refractivity contribution in [3.8, 4) is 5.75 Å². The molecule has 1 atom stereocenters. The zero-order valence-corrected chi connectivity index (χ0v) is 20.8. The van der Waals surface area contributed by atoms with Crippen molar-refractivity contribution in [3.63, 3.8) is 0 Å². The maximum atomic E-state index is 14.7. The zero-order chi connectivity index (χ0) is 23.0. The Kier molecular flexibility index (Phi) is 6.47. The van der Waals surface area contributed by atoms with Gasteiger partial charge in [-0.05, 0) is 39.7 Å². The Balaban J connectivity index is 2.31. The van der Waals surface area contributed by atoms with Crippen LogP contribution >= 0.6 is 18.7 Å². The molecule has 0 aliphatic carbocycles. The fourth-order valence-electron chi connectivity index (χ4n) is 3.86. The monoisotopic (exact) mass is 454 g/mol. The maximum Gasteiger partial charge on any atom is 0.164 e. The van der Waals surface area contributed by atoms with Gasteiger partial charge in [0.25, 0.3) is 0 Å². The van der Waals surface area contributed by atoms with Gasteiger partial charge in [0, 0.05) is 10.6 Å². The Labute approximate surface area is 191 Å². The largest absolute Gasteiger partial charge is 0.507 e. The molecular weight excluding hydrogens is 423 g/mol. The molecule has 0 aliphatic heterocycles. The second-order valence-corrected chi connectivity index (χ2v) is 13.7. The summed E-state index contributed by atoms with van der Waals surface area (Å²) in [6.07, 6.45) is 0. The van der Waals surface area contributed by atoms with E-state index in [1.807, 2.05) is 72.8 Å². The van der Waals surface area contributed by atoms with Crippen LogP contribution in [0, 0.1) is 0 Å². The lowest BCUT2D eigenvalue weighted by Crippen LogP contribution is -2.21. The van der Waals surface area contributed by atoms with E-state index < -0.39 is 12.3 Å². The summed E-state index contributed by atoms with van der Waals surface area (Å²) in [6, 6.07) is 22.8. The molecule has 0 saturated heterocycles. The standard InChI is InChI=1S/C27H32ClO2P/c1-26(2,3)22-17-19(18-23(24(22)29)27(4,5)6)25(28)31(30,20-13-9-7-10-14-20)21-15-11-8-12-16-21/h7-18,25,29H,1-6H3. The van der Waals surface area contributed by atoms with Gasteiger partial charge >= 0.3 is 0 Å². The molecule has 0 saturated carbocycles. The Hall–Kier alpha value is -2.02. The van der Waals surface area contributed by atoms with E-state index in [-0.39, 0.29) is 10.8 Å². The summed E-state index contributed by atoms with van der Waals surface area (Å²) in [5.41, 5.74) is 1.81. The Morgan fingerprint density at radius 3 is 1.42 bits per heavy atom. The van der Waals surface area contributed by atoms with Crippen molar-refractivity contribution in [2.75, 3.05) is 0 Å².